The molecule has 0 aliphatic carbocycles. The molecule has 0 saturated heterocycles. The number of nitrogens with zero attached hydrogens (tertiary/aromatic N) is 1. The van der Waals surface area contributed by atoms with Crippen LogP contribution in [0.15, 0.2) is 0 Å². The summed E-state index contributed by atoms with van der Waals surface area (Å²) in [5.41, 5.74) is 0.275. The number of hydrogen-bond acceptors (Lipinski definition) is 4. The Morgan fingerprint density at radius 2 is 2.09 bits per heavy atom. The van der Waals surface area contributed by atoms with E-state index < -0.39 is 0 Å². The molecule has 1 N–H and O–H groups in total. The Kier molecular flexibility index (Phi) is 1.11. The molecule has 2 heterocycles. The predicted octanol–water partition coefficient (Wildman–Crippen LogP) is 0.335. The van der Waals surface area contributed by atoms with Crippen LogP contribution in [0.3, 0.4) is 0 Å². The van der Waals surface area contributed by atoms with Crippen LogP contribution >= 0.6 is 11.3 Å². The van der Waals surface area contributed by atoms with Crippen molar-refractivity contribution in [2.45, 2.75) is 6.92 Å². The molecule has 1 aliphatic rings. The highest BCUT2D eigenvalue weighted by Crippen LogP contribution is 2.21. The zero-order valence-electron chi connectivity index (χ0n) is 5.67. The lowest BCUT2D eigenvalue weighted by molar-refractivity contribution is 0.0879. The van der Waals surface area contributed by atoms with Gasteiger partial charge < -0.3 is 0 Å². The maximum absolute atomic E-state index is 10.9. The van der Waals surface area contributed by atoms with Crippen LogP contribution < -0.4 is 5.32 Å². The van der Waals surface area contributed by atoms with Crippen molar-refractivity contribution in [3.05, 3.63) is 15.6 Å². The fourth-order valence-electron chi connectivity index (χ4n) is 0.954. The van der Waals surface area contributed by atoms with Gasteiger partial charge in [0.15, 0.2) is 5.69 Å². The number of rotatable bonds is 0. The summed E-state index contributed by atoms with van der Waals surface area (Å²) in [7, 11) is 0. The largest absolute Gasteiger partial charge is 0.286 e. The van der Waals surface area contributed by atoms with Crippen molar-refractivity contribution in [2.24, 2.45) is 0 Å². The zero-order chi connectivity index (χ0) is 8.01. The van der Waals surface area contributed by atoms with Crippen molar-refractivity contribution in [3.8, 4) is 0 Å². The smallest absolute Gasteiger partial charge is 0.278 e. The molecule has 1 aliphatic heterocycles. The van der Waals surface area contributed by atoms with Gasteiger partial charge in [-0.15, -0.1) is 11.3 Å². The summed E-state index contributed by atoms with van der Waals surface area (Å²) in [6, 6.07) is 0. The maximum atomic E-state index is 10.9. The molecule has 0 unspecified atom stereocenters. The summed E-state index contributed by atoms with van der Waals surface area (Å²) in [5, 5.41) is 2.91. The first-order chi connectivity index (χ1) is 5.18. The normalized spacial score (nSPS) is 15.0. The molecule has 56 valence electrons. The van der Waals surface area contributed by atoms with Crippen LogP contribution in [0.1, 0.15) is 25.2 Å². The molecule has 0 saturated carbocycles. The van der Waals surface area contributed by atoms with Gasteiger partial charge in [-0.25, -0.2) is 4.98 Å². The molecule has 0 fully saturated rings. The zero-order valence-corrected chi connectivity index (χ0v) is 6.49. The molecule has 0 aromatic carbocycles. The second-order valence-electron chi connectivity index (χ2n) is 2.19. The third-order valence-corrected chi connectivity index (χ3v) is 2.35. The Bertz CT molecular complexity index is 324. The first-order valence-electron chi connectivity index (χ1n) is 3.01. The van der Waals surface area contributed by atoms with Gasteiger partial charge in [0, 0.05) is 0 Å². The Morgan fingerprint density at radius 3 is 2.73 bits per heavy atom. The van der Waals surface area contributed by atoms with Gasteiger partial charge in [-0.05, 0) is 6.92 Å². The molecule has 0 bridgehead atoms. The number of aromatic nitrogens is 1. The lowest BCUT2D eigenvalue weighted by atomic mass is 10.4. The van der Waals surface area contributed by atoms with Gasteiger partial charge in [0.1, 0.15) is 4.88 Å². The monoisotopic (exact) mass is 168 g/mol. The number of imide groups is 1. The molecular weight excluding hydrogens is 164 g/mol. The third-order valence-electron chi connectivity index (χ3n) is 1.38. The van der Waals surface area contributed by atoms with Crippen molar-refractivity contribution in [2.75, 3.05) is 0 Å². The first-order valence-corrected chi connectivity index (χ1v) is 3.83. The SMILES string of the molecule is Cc1nc2c(s1)C(=O)NC2=O. The average molecular weight is 168 g/mol. The van der Waals surface area contributed by atoms with E-state index in [2.05, 4.69) is 10.3 Å². The first kappa shape index (κ1) is 6.48. The second kappa shape index (κ2) is 1.88. The van der Waals surface area contributed by atoms with Gasteiger partial charge in [-0.2, -0.15) is 0 Å². The molecule has 0 radical (unpaired) electrons. The van der Waals surface area contributed by atoms with Crippen molar-refractivity contribution < 1.29 is 9.59 Å². The van der Waals surface area contributed by atoms with E-state index in [4.69, 9.17) is 0 Å². The lowest BCUT2D eigenvalue weighted by Crippen LogP contribution is -2.20. The number of carbonyl (C=O) groups excluding carboxylic acids is 2. The van der Waals surface area contributed by atoms with Crippen LogP contribution in [0.5, 0.6) is 0 Å². The number of fused-ring (bicyclic) bond motifs is 1. The molecule has 5 heteroatoms. The molecule has 1 aromatic heterocycles. The molecule has 4 nitrogen and oxygen atoms in total. The summed E-state index contributed by atoms with van der Waals surface area (Å²) in [5.74, 6) is -0.704. The van der Waals surface area contributed by atoms with Gasteiger partial charge in [0.25, 0.3) is 11.8 Å². The Labute approximate surface area is 66.3 Å². The molecule has 2 amide bonds. The van der Waals surface area contributed by atoms with Gasteiger partial charge >= 0.3 is 0 Å². The number of thiazole rings is 1. The van der Waals surface area contributed by atoms with Crippen molar-refractivity contribution in [1.82, 2.24) is 10.3 Å². The Hall–Kier alpha value is -1.23. The topological polar surface area (TPSA) is 59.1 Å². The summed E-state index contributed by atoms with van der Waals surface area (Å²) in [6.45, 7) is 1.77. The molecule has 11 heavy (non-hydrogen) atoms. The highest BCUT2D eigenvalue weighted by molar-refractivity contribution is 7.14. The highest BCUT2D eigenvalue weighted by Gasteiger charge is 2.30. The molecule has 2 rings (SSSR count). The minimum absolute atomic E-state index is 0.275. The fraction of sp³-hybridized carbons (Fsp3) is 0.167. The molecular formula is C6H4N2O2S. The van der Waals surface area contributed by atoms with E-state index in [-0.39, 0.29) is 17.5 Å². The van der Waals surface area contributed by atoms with Gasteiger partial charge in [0.2, 0.25) is 0 Å². The third kappa shape index (κ3) is 0.775. The van der Waals surface area contributed by atoms with Crippen LogP contribution in [-0.4, -0.2) is 16.8 Å². The van der Waals surface area contributed by atoms with E-state index >= 15 is 0 Å². The highest BCUT2D eigenvalue weighted by atomic mass is 32.1. The van der Waals surface area contributed by atoms with Gasteiger partial charge in [-0.3, -0.25) is 14.9 Å². The average Bonchev–Trinajstić information content (AvgIpc) is 2.38. The lowest BCUT2D eigenvalue weighted by Gasteiger charge is -1.85. The van der Waals surface area contributed by atoms with Gasteiger partial charge in [0.05, 0.1) is 5.01 Å². The van der Waals surface area contributed by atoms with E-state index in [0.29, 0.717) is 4.88 Å². The van der Waals surface area contributed by atoms with Crippen molar-refractivity contribution >= 4 is 23.2 Å². The van der Waals surface area contributed by atoms with E-state index in [1.54, 1.807) is 6.92 Å². The molecule has 1 aromatic rings. The van der Waals surface area contributed by atoms with Crippen LogP contribution in [0.25, 0.3) is 0 Å². The van der Waals surface area contributed by atoms with E-state index in [1.807, 2.05) is 0 Å². The van der Waals surface area contributed by atoms with E-state index in [9.17, 15) is 9.59 Å². The summed E-state index contributed by atoms with van der Waals surface area (Å²) >= 11 is 1.24. The van der Waals surface area contributed by atoms with Gasteiger partial charge in [-0.1, -0.05) is 0 Å². The van der Waals surface area contributed by atoms with E-state index in [1.165, 1.54) is 11.3 Å². The number of carbonyl (C=O) groups is 2. The molecule has 0 spiro atoms. The minimum Gasteiger partial charge on any atom is -0.286 e. The maximum Gasteiger partial charge on any atom is 0.278 e. The van der Waals surface area contributed by atoms with Crippen molar-refractivity contribution in [3.63, 3.8) is 0 Å². The van der Waals surface area contributed by atoms with Crippen LogP contribution in [0.4, 0.5) is 0 Å². The minimum atomic E-state index is -0.380. The fourth-order valence-corrected chi connectivity index (χ4v) is 1.77. The number of hydrogen-bond donors (Lipinski definition) is 1. The summed E-state index contributed by atoms with van der Waals surface area (Å²) in [6.07, 6.45) is 0. The Balaban J connectivity index is 2.67. The summed E-state index contributed by atoms with van der Waals surface area (Å²) in [4.78, 5) is 26.2. The number of amides is 2. The standard InChI is InChI=1S/C6H4N2O2S/c1-2-7-3-4(11-2)6(10)8-5(3)9/h1H3,(H,8,9,10). The van der Waals surface area contributed by atoms with Crippen LogP contribution in [-0.2, 0) is 0 Å². The van der Waals surface area contributed by atoms with Crippen molar-refractivity contribution in [1.29, 1.82) is 0 Å². The molecule has 0 atom stereocenters. The Morgan fingerprint density at radius 1 is 1.36 bits per heavy atom. The van der Waals surface area contributed by atoms with Crippen LogP contribution in [0.2, 0.25) is 0 Å². The van der Waals surface area contributed by atoms with Crippen LogP contribution in [0, 0.1) is 6.92 Å². The summed E-state index contributed by atoms with van der Waals surface area (Å²) < 4.78 is 0. The quantitative estimate of drug-likeness (QED) is 0.568. The van der Waals surface area contributed by atoms with E-state index in [0.717, 1.165) is 5.01 Å². The predicted molar refractivity (Wildman–Crippen MR) is 38.6 cm³/mol. The number of nitrogens with one attached hydrogen (secondary N) is 1. The number of aryl methyl sites for hydroxylation is 1. The second-order valence-corrected chi connectivity index (χ2v) is 3.40.